The maximum atomic E-state index is 12.6. The Morgan fingerprint density at radius 2 is 0.755 bits per heavy atom. The number of hydrogen-bond donors (Lipinski definition) is 0. The van der Waals surface area contributed by atoms with Crippen LogP contribution in [0, 0.1) is 72.1 Å². The van der Waals surface area contributed by atoms with Crippen molar-refractivity contribution in [3.63, 3.8) is 0 Å². The number of pyridine rings is 12. The van der Waals surface area contributed by atoms with E-state index in [0.29, 0.717) is 129 Å². The molecule has 508 valence electrons. The van der Waals surface area contributed by atoms with Crippen LogP contribution in [0.5, 0.6) is 46.0 Å². The number of Topliss-reactive ketones (excluding diaryl/α,β-unsaturated/α-hetero) is 4. The third-order valence-electron chi connectivity index (χ3n) is 14.1. The fraction of sp³-hybridized carbons (Fsp3) is 0.141. The molecule has 102 heavy (non-hydrogen) atoms. The predicted octanol–water partition coefficient (Wildman–Crippen LogP) is 16.3. The Labute approximate surface area is 603 Å². The molecule has 0 N–H and O–H groups in total. The number of nitriles is 1. The van der Waals surface area contributed by atoms with E-state index < -0.39 is 0 Å². The summed E-state index contributed by atoms with van der Waals surface area (Å²) in [5, 5.41) is 10.2. The van der Waals surface area contributed by atoms with Gasteiger partial charge in [0.25, 0.3) is 0 Å². The lowest BCUT2D eigenvalue weighted by Gasteiger charge is -2.09. The maximum absolute atomic E-state index is 12.6. The zero-order valence-corrected chi connectivity index (χ0v) is 58.4. The molecule has 0 aliphatic carbocycles. The van der Waals surface area contributed by atoms with Gasteiger partial charge < -0.3 is 18.9 Å². The van der Waals surface area contributed by atoms with Crippen molar-refractivity contribution < 1.29 is 38.1 Å². The number of carbonyl (C=O) groups is 4. The van der Waals surface area contributed by atoms with Crippen molar-refractivity contribution in [1.29, 1.82) is 5.26 Å². The average molecular weight is 1420 g/mol. The predicted molar refractivity (Wildman–Crippen MR) is 384 cm³/mol. The van der Waals surface area contributed by atoms with E-state index in [2.05, 4.69) is 65.7 Å². The van der Waals surface area contributed by atoms with Gasteiger partial charge >= 0.3 is 0 Å². The largest absolute Gasteiger partial charge is 0.456 e. The van der Waals surface area contributed by atoms with Crippen LogP contribution >= 0.6 is 34.8 Å². The summed E-state index contributed by atoms with van der Waals surface area (Å²) in [5.74, 6) is 6.02. The maximum Gasteiger partial charge on any atom is 0.187 e. The topological polar surface area (TPSA) is 284 Å². The highest BCUT2D eigenvalue weighted by atomic mass is 35.5. The normalized spacial score (nSPS) is 10.4. The molecule has 0 spiro atoms. The van der Waals surface area contributed by atoms with E-state index in [1.54, 1.807) is 154 Å². The van der Waals surface area contributed by atoms with Crippen molar-refractivity contribution in [3.8, 4) is 64.4 Å². The number of halogens is 3. The molecule has 0 aliphatic heterocycles. The van der Waals surface area contributed by atoms with Crippen LogP contribution in [0.1, 0.15) is 116 Å². The quantitative estimate of drug-likeness (QED) is 0.0506. The minimum atomic E-state index is -0.169. The van der Waals surface area contributed by atoms with Crippen LogP contribution < -0.4 is 18.9 Å². The Morgan fingerprint density at radius 3 is 1.11 bits per heavy atom. The molecule has 0 saturated heterocycles. The highest BCUT2D eigenvalue weighted by molar-refractivity contribution is 6.31. The molecule has 0 aliphatic rings. The van der Waals surface area contributed by atoms with Gasteiger partial charge in [0.05, 0.1) is 71.1 Å². The zero-order valence-electron chi connectivity index (χ0n) is 56.1. The number of aryl methyl sites for hydroxylation is 7. The molecule has 0 atom stereocenters. The smallest absolute Gasteiger partial charge is 0.187 e. The standard InChI is InChI=1S/C20H18ClN3O2.C20H14ClN3O2.C19H16ClN3O2.C19H14N4O2/c1-12-4-5-16(24-14(12)3)8-20(25)19-9-17(6-13(2)23-19)26-18-7-15(21)10-22-11-18;1-3-14-4-5-16(23-10-14)8-20(25)19-9-17(6-13(2)24-19)26-18-7-15(21)11-22-12-18;1-12-4-3-5-15(22-12)8-19(24)18-9-16(6-13(2)23-18)25-17-7-14(20)10-21-11-17;1-13-7-17(25-16-3-2-6-21-12-16)9-18(23-13)19(24)8-15-5-4-14(10-20)11-22-15/h4-7,9-11H,8H2,1-3H3;1,4-7,9-12H,8H2,2H3;3-7,9-11H,8H2,1-2H3;2-7,9,11-12H,8H2,1H3. The van der Waals surface area contributed by atoms with Gasteiger partial charge in [-0.05, 0) is 109 Å². The summed E-state index contributed by atoms with van der Waals surface area (Å²) in [6, 6.07) is 40.2. The molecule has 12 aromatic rings. The fourth-order valence-electron chi connectivity index (χ4n) is 9.36. The van der Waals surface area contributed by atoms with Crippen molar-refractivity contribution >= 4 is 57.9 Å². The Bertz CT molecular complexity index is 5100. The van der Waals surface area contributed by atoms with Crippen molar-refractivity contribution in [3.05, 3.63) is 307 Å². The van der Waals surface area contributed by atoms with Gasteiger partial charge in [0.1, 0.15) is 74.8 Å². The van der Waals surface area contributed by atoms with Gasteiger partial charge in [0, 0.05) is 166 Å². The molecule has 0 unspecified atom stereocenters. The Hall–Kier alpha value is -12.4. The number of terminal acetylenes is 1. The molecule has 12 rings (SSSR count). The zero-order chi connectivity index (χ0) is 72.7. The minimum Gasteiger partial charge on any atom is -0.456 e. The Balaban J connectivity index is 0.000000158. The van der Waals surface area contributed by atoms with E-state index in [1.807, 2.05) is 71.0 Å². The van der Waals surface area contributed by atoms with Gasteiger partial charge in [-0.25, -0.2) is 19.9 Å². The van der Waals surface area contributed by atoms with Crippen LogP contribution in [0.4, 0.5) is 0 Å². The van der Waals surface area contributed by atoms with Crippen molar-refractivity contribution in [1.82, 2.24) is 59.8 Å². The molecule has 0 saturated carbocycles. The highest BCUT2D eigenvalue weighted by Gasteiger charge is 2.18. The summed E-state index contributed by atoms with van der Waals surface area (Å²) < 4.78 is 23.0. The number of nitrogens with zero attached hydrogens (tertiary/aromatic N) is 13. The molecule has 0 bridgehead atoms. The summed E-state index contributed by atoms with van der Waals surface area (Å²) in [6.07, 6.45) is 21.4. The summed E-state index contributed by atoms with van der Waals surface area (Å²) in [7, 11) is 0. The molecule has 24 heteroatoms. The van der Waals surface area contributed by atoms with Crippen molar-refractivity contribution in [2.45, 2.75) is 74.1 Å². The first-order chi connectivity index (χ1) is 49.1. The highest BCUT2D eigenvalue weighted by Crippen LogP contribution is 2.29. The summed E-state index contributed by atoms with van der Waals surface area (Å²) in [4.78, 5) is 100. The van der Waals surface area contributed by atoms with Crippen LogP contribution in [0.3, 0.4) is 0 Å². The van der Waals surface area contributed by atoms with Gasteiger partial charge in [-0.1, -0.05) is 52.9 Å². The lowest BCUT2D eigenvalue weighted by Crippen LogP contribution is -2.09. The van der Waals surface area contributed by atoms with E-state index in [1.165, 1.54) is 24.8 Å². The first-order valence-electron chi connectivity index (χ1n) is 31.2. The van der Waals surface area contributed by atoms with Gasteiger partial charge in [-0.15, -0.1) is 6.42 Å². The third kappa shape index (κ3) is 23.1. The lowest BCUT2D eigenvalue weighted by atomic mass is 10.1. The van der Waals surface area contributed by atoms with E-state index in [0.717, 1.165) is 28.3 Å². The number of hydrogen-bond acceptors (Lipinski definition) is 21. The molecule has 0 fully saturated rings. The summed E-state index contributed by atoms with van der Waals surface area (Å²) in [5.41, 5.74) is 10.7. The van der Waals surface area contributed by atoms with Crippen LogP contribution in [0.25, 0.3) is 0 Å². The molecule has 12 heterocycles. The monoisotopic (exact) mass is 1410 g/mol. The number of carbonyl (C=O) groups excluding carboxylic acids is 4. The average Bonchev–Trinajstić information content (AvgIpc) is 0.861. The van der Waals surface area contributed by atoms with E-state index in [-0.39, 0.29) is 48.8 Å². The molecule has 21 nitrogen and oxygen atoms in total. The van der Waals surface area contributed by atoms with E-state index >= 15 is 0 Å². The second-order valence-electron chi connectivity index (χ2n) is 22.6. The third-order valence-corrected chi connectivity index (χ3v) is 14.8. The molecular weight excluding hydrogens is 1350 g/mol. The number of rotatable bonds is 20. The Morgan fingerprint density at radius 1 is 0.373 bits per heavy atom. The first-order valence-corrected chi connectivity index (χ1v) is 32.3. The molecular formula is C78H62Cl3N13O8. The van der Waals surface area contributed by atoms with Gasteiger partial charge in [-0.2, -0.15) is 5.26 Å². The fourth-order valence-corrected chi connectivity index (χ4v) is 9.85. The van der Waals surface area contributed by atoms with Gasteiger partial charge in [0.15, 0.2) is 23.1 Å². The summed E-state index contributed by atoms with van der Waals surface area (Å²) in [6.45, 7) is 13.0. The van der Waals surface area contributed by atoms with Crippen LogP contribution in [-0.4, -0.2) is 82.9 Å². The minimum absolute atomic E-state index is 0.106. The van der Waals surface area contributed by atoms with Crippen molar-refractivity contribution in [2.24, 2.45) is 0 Å². The lowest BCUT2D eigenvalue weighted by molar-refractivity contribution is 0.0978. The van der Waals surface area contributed by atoms with Gasteiger partial charge in [-0.3, -0.25) is 59.0 Å². The second kappa shape index (κ2) is 35.9. The van der Waals surface area contributed by atoms with Crippen LogP contribution in [0.2, 0.25) is 15.1 Å². The molecule has 0 radical (unpaired) electrons. The second-order valence-corrected chi connectivity index (χ2v) is 23.9. The first kappa shape index (κ1) is 73.8. The molecule has 0 aromatic carbocycles. The number of ketones is 4. The molecule has 0 amide bonds. The van der Waals surface area contributed by atoms with E-state index in [9.17, 15) is 19.2 Å². The summed E-state index contributed by atoms with van der Waals surface area (Å²) >= 11 is 17.7. The molecule has 12 aromatic heterocycles. The Kier molecular flexibility index (Phi) is 26.0. The van der Waals surface area contributed by atoms with Crippen LogP contribution in [-0.2, 0) is 25.7 Å². The SMILES string of the molecule is C#Cc1ccc(CC(=O)c2cc(Oc3cncc(Cl)c3)cc(C)n2)nc1.Cc1cc(Oc2cccnc2)cc(C(=O)Cc2ccc(C#N)cn2)n1.Cc1cc(Oc2cncc(Cl)c2)cc(C(=O)Cc2ccc(C)c(C)n2)n1.Cc1cccc(CC(=O)c2cc(Oc3cncc(Cl)c3)cc(C)n2)n1. The number of ether oxygens (including phenoxy) is 4. The van der Waals surface area contributed by atoms with Crippen LogP contribution in [0.15, 0.2) is 195 Å². The van der Waals surface area contributed by atoms with E-state index in [4.69, 9.17) is 65.4 Å². The number of aromatic nitrogens is 12. The van der Waals surface area contributed by atoms with Crippen molar-refractivity contribution in [2.75, 3.05) is 0 Å². The van der Waals surface area contributed by atoms with Gasteiger partial charge in [0.2, 0.25) is 0 Å².